The molecule has 3 rings (SSSR count). The van der Waals surface area contributed by atoms with Crippen molar-refractivity contribution in [2.24, 2.45) is 0 Å². The average molecular weight is 334 g/mol. The largest absolute Gasteiger partial charge is 0.496 e. The SMILES string of the molecule is COc1ccccc1C(=O)c1ccnc(-c2ccccc2OC)c1N. The van der Waals surface area contributed by atoms with Crippen molar-refractivity contribution in [3.8, 4) is 22.8 Å². The number of hydrogen-bond donors (Lipinski definition) is 1. The number of ether oxygens (including phenoxy) is 2. The summed E-state index contributed by atoms with van der Waals surface area (Å²) in [5.41, 5.74) is 8.67. The number of carbonyl (C=O) groups is 1. The summed E-state index contributed by atoms with van der Waals surface area (Å²) in [4.78, 5) is 17.3. The van der Waals surface area contributed by atoms with E-state index in [1.165, 1.54) is 7.11 Å². The molecule has 0 fully saturated rings. The van der Waals surface area contributed by atoms with Crippen molar-refractivity contribution in [3.63, 3.8) is 0 Å². The highest BCUT2D eigenvalue weighted by atomic mass is 16.5. The molecule has 3 aromatic rings. The van der Waals surface area contributed by atoms with Gasteiger partial charge in [-0.25, -0.2) is 0 Å². The monoisotopic (exact) mass is 334 g/mol. The lowest BCUT2D eigenvalue weighted by atomic mass is 9.98. The van der Waals surface area contributed by atoms with Gasteiger partial charge in [0.25, 0.3) is 0 Å². The van der Waals surface area contributed by atoms with Crippen LogP contribution in [0.5, 0.6) is 11.5 Å². The number of benzene rings is 2. The fourth-order valence-electron chi connectivity index (χ4n) is 2.70. The maximum atomic E-state index is 13.0. The molecule has 0 saturated carbocycles. The topological polar surface area (TPSA) is 74.4 Å². The van der Waals surface area contributed by atoms with Gasteiger partial charge in [0.2, 0.25) is 0 Å². The highest BCUT2D eigenvalue weighted by molar-refractivity contribution is 6.14. The minimum atomic E-state index is -0.214. The summed E-state index contributed by atoms with van der Waals surface area (Å²) in [6, 6.07) is 16.1. The molecule has 2 aromatic carbocycles. The number of hydrogen-bond acceptors (Lipinski definition) is 5. The van der Waals surface area contributed by atoms with Gasteiger partial charge < -0.3 is 15.2 Å². The van der Waals surface area contributed by atoms with E-state index in [-0.39, 0.29) is 5.78 Å². The standard InChI is InChI=1S/C20H18N2O3/c1-24-16-9-5-3-7-13(16)19-18(21)15(11-12-22-19)20(23)14-8-4-6-10-17(14)25-2/h3-12H,21H2,1-2H3. The van der Waals surface area contributed by atoms with Crippen LogP contribution >= 0.6 is 0 Å². The number of aromatic nitrogens is 1. The van der Waals surface area contributed by atoms with Gasteiger partial charge in [0.15, 0.2) is 5.78 Å². The summed E-state index contributed by atoms with van der Waals surface area (Å²) in [5.74, 6) is 0.930. The minimum Gasteiger partial charge on any atom is -0.496 e. The molecule has 5 nitrogen and oxygen atoms in total. The van der Waals surface area contributed by atoms with Gasteiger partial charge in [0.1, 0.15) is 11.5 Å². The number of ketones is 1. The molecular formula is C20H18N2O3. The van der Waals surface area contributed by atoms with Gasteiger partial charge >= 0.3 is 0 Å². The number of anilines is 1. The molecule has 126 valence electrons. The fraction of sp³-hybridized carbons (Fsp3) is 0.100. The van der Waals surface area contributed by atoms with Crippen LogP contribution in [0.15, 0.2) is 60.8 Å². The molecule has 0 bridgehead atoms. The first-order valence-electron chi connectivity index (χ1n) is 7.73. The first-order chi connectivity index (χ1) is 12.2. The smallest absolute Gasteiger partial charge is 0.198 e. The lowest BCUT2D eigenvalue weighted by Gasteiger charge is -2.13. The predicted molar refractivity (Wildman–Crippen MR) is 97.1 cm³/mol. The van der Waals surface area contributed by atoms with Crippen molar-refractivity contribution in [1.82, 2.24) is 4.98 Å². The van der Waals surface area contributed by atoms with Crippen LogP contribution in [0.25, 0.3) is 11.3 Å². The Hall–Kier alpha value is -3.34. The third kappa shape index (κ3) is 3.04. The fourth-order valence-corrected chi connectivity index (χ4v) is 2.70. The van der Waals surface area contributed by atoms with E-state index >= 15 is 0 Å². The molecule has 0 atom stereocenters. The Kier molecular flexibility index (Phi) is 4.66. The maximum absolute atomic E-state index is 13.0. The van der Waals surface area contributed by atoms with Crippen LogP contribution < -0.4 is 15.2 Å². The molecule has 0 aliphatic heterocycles. The lowest BCUT2D eigenvalue weighted by Crippen LogP contribution is -2.09. The lowest BCUT2D eigenvalue weighted by molar-refractivity contribution is 0.103. The highest BCUT2D eigenvalue weighted by Crippen LogP contribution is 2.34. The van der Waals surface area contributed by atoms with Gasteiger partial charge in [-0.3, -0.25) is 9.78 Å². The third-order valence-corrected chi connectivity index (χ3v) is 3.95. The maximum Gasteiger partial charge on any atom is 0.198 e. The summed E-state index contributed by atoms with van der Waals surface area (Å²) in [6.45, 7) is 0. The molecule has 0 radical (unpaired) electrons. The van der Waals surface area contributed by atoms with E-state index < -0.39 is 0 Å². The molecule has 0 amide bonds. The number of nitrogen functional groups attached to an aromatic ring is 1. The third-order valence-electron chi connectivity index (χ3n) is 3.95. The first kappa shape index (κ1) is 16.5. The normalized spacial score (nSPS) is 10.3. The second-order valence-electron chi connectivity index (χ2n) is 5.35. The Balaban J connectivity index is 2.12. The number of para-hydroxylation sites is 2. The number of nitrogens with zero attached hydrogens (tertiary/aromatic N) is 1. The second kappa shape index (κ2) is 7.05. The van der Waals surface area contributed by atoms with E-state index in [0.29, 0.717) is 34.0 Å². The molecule has 0 saturated heterocycles. The first-order valence-corrected chi connectivity index (χ1v) is 7.73. The van der Waals surface area contributed by atoms with Gasteiger partial charge in [-0.15, -0.1) is 0 Å². The minimum absolute atomic E-state index is 0.214. The van der Waals surface area contributed by atoms with Crippen molar-refractivity contribution in [3.05, 3.63) is 71.9 Å². The number of rotatable bonds is 5. The van der Waals surface area contributed by atoms with Crippen LogP contribution in [0.3, 0.4) is 0 Å². The van der Waals surface area contributed by atoms with Gasteiger partial charge in [0, 0.05) is 17.3 Å². The average Bonchev–Trinajstić information content (AvgIpc) is 2.67. The van der Waals surface area contributed by atoms with Crippen LogP contribution in [0.4, 0.5) is 5.69 Å². The van der Waals surface area contributed by atoms with E-state index in [9.17, 15) is 4.79 Å². The summed E-state index contributed by atoms with van der Waals surface area (Å²) in [5, 5.41) is 0. The van der Waals surface area contributed by atoms with Crippen molar-refractivity contribution in [1.29, 1.82) is 0 Å². The zero-order valence-electron chi connectivity index (χ0n) is 14.0. The van der Waals surface area contributed by atoms with Gasteiger partial charge in [-0.2, -0.15) is 0 Å². The van der Waals surface area contributed by atoms with Crippen LogP contribution in [0.2, 0.25) is 0 Å². The molecule has 0 aliphatic carbocycles. The molecular weight excluding hydrogens is 316 g/mol. The molecule has 25 heavy (non-hydrogen) atoms. The Morgan fingerprint density at radius 1 is 0.880 bits per heavy atom. The van der Waals surface area contributed by atoms with Crippen molar-refractivity contribution in [2.45, 2.75) is 0 Å². The molecule has 1 aromatic heterocycles. The Morgan fingerprint density at radius 2 is 1.52 bits per heavy atom. The van der Waals surface area contributed by atoms with E-state index in [2.05, 4.69) is 4.98 Å². The molecule has 0 aliphatic rings. The number of pyridine rings is 1. The second-order valence-corrected chi connectivity index (χ2v) is 5.35. The van der Waals surface area contributed by atoms with E-state index in [4.69, 9.17) is 15.2 Å². The quantitative estimate of drug-likeness (QED) is 0.722. The van der Waals surface area contributed by atoms with Crippen LogP contribution in [-0.4, -0.2) is 25.0 Å². The van der Waals surface area contributed by atoms with Crippen molar-refractivity contribution >= 4 is 11.5 Å². The molecule has 0 spiro atoms. The Labute approximate surface area is 146 Å². The summed E-state index contributed by atoms with van der Waals surface area (Å²) < 4.78 is 10.7. The number of carbonyl (C=O) groups excluding carboxylic acids is 1. The van der Waals surface area contributed by atoms with E-state index in [1.807, 2.05) is 30.3 Å². The molecule has 2 N–H and O–H groups in total. The van der Waals surface area contributed by atoms with E-state index in [1.54, 1.807) is 37.6 Å². The highest BCUT2D eigenvalue weighted by Gasteiger charge is 2.20. The van der Waals surface area contributed by atoms with E-state index in [0.717, 1.165) is 5.56 Å². The van der Waals surface area contributed by atoms with Crippen molar-refractivity contribution < 1.29 is 14.3 Å². The van der Waals surface area contributed by atoms with Crippen LogP contribution in [0.1, 0.15) is 15.9 Å². The summed E-state index contributed by atoms with van der Waals surface area (Å²) in [7, 11) is 3.11. The number of methoxy groups -OCH3 is 2. The predicted octanol–water partition coefficient (Wildman–Crippen LogP) is 3.58. The van der Waals surface area contributed by atoms with Crippen LogP contribution in [-0.2, 0) is 0 Å². The van der Waals surface area contributed by atoms with Crippen molar-refractivity contribution in [2.75, 3.05) is 20.0 Å². The Bertz CT molecular complexity index is 922. The molecule has 0 unspecified atom stereocenters. The van der Waals surface area contributed by atoms with Gasteiger partial charge in [-0.05, 0) is 30.3 Å². The number of nitrogens with two attached hydrogens (primary N) is 1. The zero-order valence-corrected chi connectivity index (χ0v) is 14.0. The zero-order chi connectivity index (χ0) is 17.8. The molecule has 5 heteroatoms. The van der Waals surface area contributed by atoms with Gasteiger partial charge in [-0.1, -0.05) is 24.3 Å². The summed E-state index contributed by atoms with van der Waals surface area (Å²) >= 11 is 0. The summed E-state index contributed by atoms with van der Waals surface area (Å²) in [6.07, 6.45) is 1.57. The Morgan fingerprint density at radius 3 is 2.24 bits per heavy atom. The van der Waals surface area contributed by atoms with Gasteiger partial charge in [0.05, 0.1) is 31.2 Å². The molecule has 1 heterocycles. The van der Waals surface area contributed by atoms with Crippen LogP contribution in [0, 0.1) is 0 Å².